The summed E-state index contributed by atoms with van der Waals surface area (Å²) >= 11 is 13.2. The van der Waals surface area contributed by atoms with Gasteiger partial charge < -0.3 is 0 Å². The van der Waals surface area contributed by atoms with Crippen LogP contribution in [0.2, 0.25) is 10.0 Å². The maximum Gasteiger partial charge on any atom is 0.266 e. The van der Waals surface area contributed by atoms with Gasteiger partial charge in [0.15, 0.2) is 5.16 Å². The minimum absolute atomic E-state index is 0.0121. The van der Waals surface area contributed by atoms with Gasteiger partial charge in [-0.05, 0) is 30.3 Å². The van der Waals surface area contributed by atoms with Gasteiger partial charge in [-0.25, -0.2) is 10.4 Å². The lowest BCUT2D eigenvalue weighted by Gasteiger charge is -2.12. The highest BCUT2D eigenvalue weighted by Crippen LogP contribution is 2.24. The summed E-state index contributed by atoms with van der Waals surface area (Å²) in [6.07, 6.45) is 1.42. The number of fused-ring (bicyclic) bond motifs is 1. The highest BCUT2D eigenvalue weighted by Gasteiger charge is 2.14. The summed E-state index contributed by atoms with van der Waals surface area (Å²) in [7, 11) is 0. The van der Waals surface area contributed by atoms with E-state index >= 15 is 0 Å². The number of rotatable bonds is 6. The Hall–Kier alpha value is -3.13. The number of para-hydroxylation sites is 2. The summed E-state index contributed by atoms with van der Waals surface area (Å²) in [4.78, 5) is 30.1. The van der Waals surface area contributed by atoms with Crippen LogP contribution in [0.15, 0.2) is 87.8 Å². The summed E-state index contributed by atoms with van der Waals surface area (Å²) in [5.74, 6) is -0.343. The standard InChI is InChI=1S/C23H16Cl2N4O2S/c24-18-11-6-7-15(21(18)25)13-26-28-20(30)14-32-23-27-19-12-5-4-10-17(19)22(31)29(23)16-8-2-1-3-9-16/h1-13H,14H2,(H,28,30)/b26-13-. The highest BCUT2D eigenvalue weighted by molar-refractivity contribution is 7.99. The number of carbonyl (C=O) groups excluding carboxylic acids is 1. The third kappa shape index (κ3) is 4.85. The quantitative estimate of drug-likeness (QED) is 0.183. The Morgan fingerprint density at radius 1 is 1.03 bits per heavy atom. The molecule has 160 valence electrons. The molecule has 32 heavy (non-hydrogen) atoms. The van der Waals surface area contributed by atoms with Crippen LogP contribution in [0.4, 0.5) is 0 Å². The lowest BCUT2D eigenvalue weighted by atomic mass is 10.2. The van der Waals surface area contributed by atoms with Crippen molar-refractivity contribution in [2.75, 3.05) is 5.75 Å². The average Bonchev–Trinajstić information content (AvgIpc) is 2.81. The van der Waals surface area contributed by atoms with E-state index in [4.69, 9.17) is 23.2 Å². The fourth-order valence-corrected chi connectivity index (χ4v) is 4.13. The molecule has 1 heterocycles. The van der Waals surface area contributed by atoms with Crippen molar-refractivity contribution < 1.29 is 4.79 Å². The van der Waals surface area contributed by atoms with Crippen LogP contribution in [0.25, 0.3) is 16.6 Å². The van der Waals surface area contributed by atoms with E-state index in [0.717, 1.165) is 11.8 Å². The van der Waals surface area contributed by atoms with Crippen molar-refractivity contribution in [3.05, 3.63) is 98.8 Å². The molecule has 9 heteroatoms. The van der Waals surface area contributed by atoms with Gasteiger partial charge in [-0.2, -0.15) is 5.10 Å². The molecule has 0 saturated carbocycles. The first-order valence-electron chi connectivity index (χ1n) is 9.50. The molecule has 6 nitrogen and oxygen atoms in total. The second-order valence-corrected chi connectivity index (χ2v) is 8.34. The SMILES string of the molecule is O=C(CSc1nc2ccccc2c(=O)n1-c1ccccc1)N/N=C\c1cccc(Cl)c1Cl. The van der Waals surface area contributed by atoms with Crippen molar-refractivity contribution in [3.8, 4) is 5.69 Å². The van der Waals surface area contributed by atoms with Crippen molar-refractivity contribution in [2.45, 2.75) is 5.16 Å². The van der Waals surface area contributed by atoms with Gasteiger partial charge in [0.25, 0.3) is 11.5 Å². The first kappa shape index (κ1) is 22.1. The largest absolute Gasteiger partial charge is 0.272 e. The van der Waals surface area contributed by atoms with Crippen LogP contribution >= 0.6 is 35.0 Å². The summed E-state index contributed by atoms with van der Waals surface area (Å²) < 4.78 is 1.51. The molecule has 0 fully saturated rings. The van der Waals surface area contributed by atoms with Crippen LogP contribution in [0.1, 0.15) is 5.56 Å². The zero-order chi connectivity index (χ0) is 22.5. The minimum Gasteiger partial charge on any atom is -0.272 e. The lowest BCUT2D eigenvalue weighted by Crippen LogP contribution is -2.24. The highest BCUT2D eigenvalue weighted by atomic mass is 35.5. The molecule has 0 spiro atoms. The van der Waals surface area contributed by atoms with Gasteiger partial charge in [-0.3, -0.25) is 14.2 Å². The van der Waals surface area contributed by atoms with Gasteiger partial charge in [0, 0.05) is 5.56 Å². The van der Waals surface area contributed by atoms with Crippen LogP contribution in [0.5, 0.6) is 0 Å². The Morgan fingerprint density at radius 3 is 2.59 bits per heavy atom. The van der Waals surface area contributed by atoms with Gasteiger partial charge in [-0.15, -0.1) is 0 Å². The van der Waals surface area contributed by atoms with Crippen LogP contribution in [0, 0.1) is 0 Å². The first-order chi connectivity index (χ1) is 15.5. The number of hydrogen-bond acceptors (Lipinski definition) is 5. The predicted molar refractivity (Wildman–Crippen MR) is 130 cm³/mol. The zero-order valence-electron chi connectivity index (χ0n) is 16.5. The predicted octanol–water partition coefficient (Wildman–Crippen LogP) is 4.93. The van der Waals surface area contributed by atoms with E-state index in [9.17, 15) is 9.59 Å². The fourth-order valence-electron chi connectivity index (χ4n) is 2.97. The van der Waals surface area contributed by atoms with Crippen LogP contribution in [-0.2, 0) is 4.79 Å². The number of benzene rings is 3. The minimum atomic E-state index is -0.355. The number of aromatic nitrogens is 2. The maximum absolute atomic E-state index is 13.1. The van der Waals surface area contributed by atoms with E-state index < -0.39 is 0 Å². The Balaban J connectivity index is 1.55. The summed E-state index contributed by atoms with van der Waals surface area (Å²) in [6, 6.07) is 21.5. The molecule has 1 N–H and O–H groups in total. The van der Waals surface area contributed by atoms with Gasteiger partial charge >= 0.3 is 0 Å². The van der Waals surface area contributed by atoms with Crippen molar-refractivity contribution in [3.63, 3.8) is 0 Å². The lowest BCUT2D eigenvalue weighted by molar-refractivity contribution is -0.118. The van der Waals surface area contributed by atoms with Crippen molar-refractivity contribution >= 4 is 58.0 Å². The number of carbonyl (C=O) groups is 1. The molecule has 4 aromatic rings. The van der Waals surface area contributed by atoms with Gasteiger partial charge in [-0.1, -0.05) is 77.4 Å². The molecule has 4 rings (SSSR count). The Morgan fingerprint density at radius 2 is 1.78 bits per heavy atom. The van der Waals surface area contributed by atoms with E-state index in [2.05, 4.69) is 15.5 Å². The average molecular weight is 483 g/mol. The molecule has 0 bridgehead atoms. The monoisotopic (exact) mass is 482 g/mol. The number of hydrazone groups is 1. The Labute approximate surface area is 197 Å². The van der Waals surface area contributed by atoms with E-state index in [1.54, 1.807) is 36.4 Å². The van der Waals surface area contributed by atoms with E-state index in [0.29, 0.717) is 37.4 Å². The third-order valence-electron chi connectivity index (χ3n) is 4.47. The summed E-state index contributed by atoms with van der Waals surface area (Å²) in [6.45, 7) is 0. The third-order valence-corrected chi connectivity index (χ3v) is 6.24. The van der Waals surface area contributed by atoms with Crippen molar-refractivity contribution in [1.29, 1.82) is 0 Å². The van der Waals surface area contributed by atoms with Gasteiger partial charge in [0.05, 0.1) is 38.6 Å². The van der Waals surface area contributed by atoms with Crippen molar-refractivity contribution in [1.82, 2.24) is 15.0 Å². The van der Waals surface area contributed by atoms with Gasteiger partial charge in [0.2, 0.25) is 0 Å². The number of halogens is 2. The number of nitrogens with zero attached hydrogens (tertiary/aromatic N) is 3. The molecule has 0 saturated heterocycles. The van der Waals surface area contributed by atoms with Gasteiger partial charge in [0.1, 0.15) is 0 Å². The van der Waals surface area contributed by atoms with Crippen molar-refractivity contribution in [2.24, 2.45) is 5.10 Å². The molecule has 0 atom stereocenters. The number of hydrogen-bond donors (Lipinski definition) is 1. The smallest absolute Gasteiger partial charge is 0.266 e. The second-order valence-electron chi connectivity index (χ2n) is 6.61. The molecule has 0 aliphatic heterocycles. The first-order valence-corrected chi connectivity index (χ1v) is 11.2. The van der Waals surface area contributed by atoms with Crippen LogP contribution in [-0.4, -0.2) is 27.4 Å². The second kappa shape index (κ2) is 9.99. The molecular formula is C23H16Cl2N4O2S. The number of thioether (sulfide) groups is 1. The van der Waals surface area contributed by atoms with E-state index in [1.165, 1.54) is 10.8 Å². The normalized spacial score (nSPS) is 11.2. The molecule has 0 aliphatic rings. The summed E-state index contributed by atoms with van der Waals surface area (Å²) in [5, 5.41) is 5.61. The van der Waals surface area contributed by atoms with Crippen LogP contribution in [0.3, 0.4) is 0 Å². The molecule has 0 aliphatic carbocycles. The number of nitrogens with one attached hydrogen (secondary N) is 1. The molecule has 1 amide bonds. The summed E-state index contributed by atoms with van der Waals surface area (Å²) in [5.41, 5.74) is 4.08. The van der Waals surface area contributed by atoms with E-state index in [1.807, 2.05) is 36.4 Å². The number of amides is 1. The van der Waals surface area contributed by atoms with E-state index in [-0.39, 0.29) is 17.2 Å². The Kier molecular flexibility index (Phi) is 6.90. The fraction of sp³-hybridized carbons (Fsp3) is 0.0435. The zero-order valence-corrected chi connectivity index (χ0v) is 18.9. The maximum atomic E-state index is 13.1. The Bertz CT molecular complexity index is 1370. The molecule has 0 radical (unpaired) electrons. The topological polar surface area (TPSA) is 76.3 Å². The molecule has 0 unspecified atom stereocenters. The molecule has 3 aromatic carbocycles. The molecular weight excluding hydrogens is 467 g/mol. The van der Waals surface area contributed by atoms with Crippen LogP contribution < -0.4 is 11.0 Å². The molecule has 1 aromatic heterocycles.